The van der Waals surface area contributed by atoms with Crippen molar-refractivity contribution in [1.29, 1.82) is 0 Å². The number of amides is 1. The van der Waals surface area contributed by atoms with E-state index in [4.69, 9.17) is 9.15 Å². The molecule has 0 radical (unpaired) electrons. The maximum atomic E-state index is 13.0. The zero-order chi connectivity index (χ0) is 22.1. The highest BCUT2D eigenvalue weighted by Gasteiger charge is 2.33. The number of hydrogen-bond donors (Lipinski definition) is 2. The first-order chi connectivity index (χ1) is 15.6. The molecule has 7 nitrogen and oxygen atoms in total. The average Bonchev–Trinajstić information content (AvgIpc) is 3.45. The predicted molar refractivity (Wildman–Crippen MR) is 123 cm³/mol. The number of fused-ring (bicyclic) bond motifs is 3. The average molecular weight is 450 g/mol. The lowest BCUT2D eigenvalue weighted by Crippen LogP contribution is -2.38. The minimum atomic E-state index is -0.507. The van der Waals surface area contributed by atoms with Crippen molar-refractivity contribution in [3.05, 3.63) is 76.1 Å². The Morgan fingerprint density at radius 3 is 3.03 bits per heavy atom. The summed E-state index contributed by atoms with van der Waals surface area (Å²) >= 11 is 1.66. The van der Waals surface area contributed by atoms with E-state index in [1.54, 1.807) is 47.7 Å². The number of esters is 1. The number of furan rings is 1. The van der Waals surface area contributed by atoms with Crippen LogP contribution in [-0.2, 0) is 17.8 Å². The number of ether oxygens (including phenoxy) is 1. The molecule has 3 aromatic rings. The lowest BCUT2D eigenvalue weighted by molar-refractivity contribution is -0.128. The molecule has 8 heteroatoms. The molecular weight excluding hydrogens is 426 g/mol. The van der Waals surface area contributed by atoms with Crippen molar-refractivity contribution in [3.63, 3.8) is 0 Å². The fourth-order valence-electron chi connectivity index (χ4n) is 4.05. The highest BCUT2D eigenvalue weighted by atomic mass is 32.1. The Bertz CT molecular complexity index is 1180. The van der Waals surface area contributed by atoms with Gasteiger partial charge < -0.3 is 19.8 Å². The van der Waals surface area contributed by atoms with Crippen LogP contribution in [0.5, 0.6) is 5.75 Å². The van der Waals surface area contributed by atoms with E-state index in [1.807, 2.05) is 6.07 Å². The molecule has 0 fully saturated rings. The zero-order valence-corrected chi connectivity index (χ0v) is 18.4. The number of hydrogen-bond acceptors (Lipinski definition) is 7. The molecule has 1 atom stereocenters. The number of likely N-dealkylation sites (N-methyl/N-ethyl adjacent to an activating group) is 1. The molecule has 0 saturated heterocycles. The summed E-state index contributed by atoms with van der Waals surface area (Å²) in [6, 6.07) is 10.7. The van der Waals surface area contributed by atoms with E-state index >= 15 is 0 Å². The van der Waals surface area contributed by atoms with Gasteiger partial charge in [-0.25, -0.2) is 4.79 Å². The molecule has 0 aliphatic carbocycles. The van der Waals surface area contributed by atoms with Crippen molar-refractivity contribution in [2.24, 2.45) is 0 Å². The Morgan fingerprint density at radius 2 is 2.22 bits per heavy atom. The summed E-state index contributed by atoms with van der Waals surface area (Å²) in [5.74, 6) is 0.409. The van der Waals surface area contributed by atoms with Crippen molar-refractivity contribution in [2.75, 3.05) is 18.4 Å². The van der Waals surface area contributed by atoms with Crippen LogP contribution in [0, 0.1) is 0 Å². The van der Waals surface area contributed by atoms with Crippen LogP contribution in [0.15, 0.2) is 53.2 Å². The van der Waals surface area contributed by atoms with E-state index in [0.717, 1.165) is 42.2 Å². The largest absolute Gasteiger partial charge is 0.465 e. The Kier molecular flexibility index (Phi) is 5.55. The standard InChI is InChI=1S/C24H23N3O4S/c1-2-27-11-10-18-19(14-27)32-24-21(18)23(29)25-22(26-24)15-5-3-6-17(13-15)31-20(28)9-8-16-7-4-12-30-16/h3-9,12-13,22,26H,2,10-11,14H2,1H3,(H,25,29). The number of nitrogens with zero attached hydrogens (tertiary/aromatic N) is 1. The predicted octanol–water partition coefficient (Wildman–Crippen LogP) is 4.19. The zero-order valence-electron chi connectivity index (χ0n) is 17.6. The Morgan fingerprint density at radius 1 is 1.31 bits per heavy atom. The van der Waals surface area contributed by atoms with Gasteiger partial charge in [-0.1, -0.05) is 19.1 Å². The number of carbonyl (C=O) groups is 2. The Hall–Kier alpha value is -3.36. The number of benzene rings is 1. The van der Waals surface area contributed by atoms with Crippen LogP contribution in [0.2, 0.25) is 0 Å². The number of rotatable bonds is 5. The van der Waals surface area contributed by atoms with Gasteiger partial charge in [0, 0.05) is 24.0 Å². The lowest BCUT2D eigenvalue weighted by atomic mass is 10.0. The SMILES string of the molecule is CCN1CCc2c(sc3c2C(=O)NC(c2cccc(OC(=O)C=Cc4ccco4)c2)N3)C1. The lowest BCUT2D eigenvalue weighted by Gasteiger charge is -2.28. The Labute approximate surface area is 189 Å². The van der Waals surface area contributed by atoms with E-state index in [9.17, 15) is 9.59 Å². The van der Waals surface area contributed by atoms with Crippen molar-refractivity contribution in [2.45, 2.75) is 26.1 Å². The fourth-order valence-corrected chi connectivity index (χ4v) is 5.36. The van der Waals surface area contributed by atoms with Crippen LogP contribution in [0.25, 0.3) is 6.08 Å². The van der Waals surface area contributed by atoms with Crippen LogP contribution < -0.4 is 15.4 Å². The molecule has 1 amide bonds. The third-order valence-electron chi connectivity index (χ3n) is 5.70. The minimum Gasteiger partial charge on any atom is -0.465 e. The molecule has 32 heavy (non-hydrogen) atoms. The summed E-state index contributed by atoms with van der Waals surface area (Å²) in [6.45, 7) is 5.03. The maximum absolute atomic E-state index is 13.0. The van der Waals surface area contributed by atoms with E-state index in [1.165, 1.54) is 22.8 Å². The van der Waals surface area contributed by atoms with E-state index in [0.29, 0.717) is 11.5 Å². The molecule has 1 aromatic carbocycles. The third-order valence-corrected chi connectivity index (χ3v) is 6.85. The molecule has 0 bridgehead atoms. The van der Waals surface area contributed by atoms with Crippen molar-refractivity contribution in [3.8, 4) is 5.75 Å². The van der Waals surface area contributed by atoms with Crippen LogP contribution in [0.3, 0.4) is 0 Å². The van der Waals surface area contributed by atoms with Crippen molar-refractivity contribution >= 4 is 34.3 Å². The monoisotopic (exact) mass is 449 g/mol. The molecular formula is C24H23N3O4S. The second kappa shape index (κ2) is 8.64. The summed E-state index contributed by atoms with van der Waals surface area (Å²) in [7, 11) is 0. The van der Waals surface area contributed by atoms with Gasteiger partial charge in [0.1, 0.15) is 22.7 Å². The highest BCUT2D eigenvalue weighted by Crippen LogP contribution is 2.40. The summed E-state index contributed by atoms with van der Waals surface area (Å²) in [5, 5.41) is 7.42. The number of nitrogens with one attached hydrogen (secondary N) is 2. The topological polar surface area (TPSA) is 83.8 Å². The van der Waals surface area contributed by atoms with Gasteiger partial charge in [0.05, 0.1) is 11.8 Å². The number of carbonyl (C=O) groups excluding carboxylic acids is 2. The van der Waals surface area contributed by atoms with Crippen molar-refractivity contribution in [1.82, 2.24) is 10.2 Å². The summed E-state index contributed by atoms with van der Waals surface area (Å²) in [5.41, 5.74) is 2.76. The molecule has 2 N–H and O–H groups in total. The van der Waals surface area contributed by atoms with Gasteiger partial charge in [-0.3, -0.25) is 9.69 Å². The molecule has 164 valence electrons. The van der Waals surface area contributed by atoms with Gasteiger partial charge >= 0.3 is 5.97 Å². The first kappa shape index (κ1) is 20.5. The second-order valence-electron chi connectivity index (χ2n) is 7.72. The van der Waals surface area contributed by atoms with Crippen LogP contribution >= 0.6 is 11.3 Å². The molecule has 5 rings (SSSR count). The molecule has 2 aliphatic rings. The summed E-state index contributed by atoms with van der Waals surface area (Å²) < 4.78 is 10.6. The van der Waals surface area contributed by atoms with Crippen molar-refractivity contribution < 1.29 is 18.7 Å². The van der Waals surface area contributed by atoms with Gasteiger partial charge in [-0.15, -0.1) is 11.3 Å². The first-order valence-electron chi connectivity index (χ1n) is 10.6. The fraction of sp³-hybridized carbons (Fsp3) is 0.250. The van der Waals surface area contributed by atoms with E-state index < -0.39 is 12.1 Å². The molecule has 0 saturated carbocycles. The molecule has 4 heterocycles. The smallest absolute Gasteiger partial charge is 0.336 e. The maximum Gasteiger partial charge on any atom is 0.336 e. The number of anilines is 1. The first-order valence-corrected chi connectivity index (χ1v) is 11.4. The molecule has 2 aromatic heterocycles. The van der Waals surface area contributed by atoms with Gasteiger partial charge in [-0.05, 0) is 54.4 Å². The normalized spacial score (nSPS) is 18.0. The second-order valence-corrected chi connectivity index (χ2v) is 8.83. The quantitative estimate of drug-likeness (QED) is 0.345. The molecule has 0 spiro atoms. The van der Waals surface area contributed by atoms with Gasteiger partial charge in [0.2, 0.25) is 0 Å². The van der Waals surface area contributed by atoms with Crippen LogP contribution in [0.1, 0.15) is 45.2 Å². The molecule has 1 unspecified atom stereocenters. The van der Waals surface area contributed by atoms with Crippen LogP contribution in [0.4, 0.5) is 5.00 Å². The summed E-state index contributed by atoms with van der Waals surface area (Å²) in [6.07, 6.45) is 4.90. The summed E-state index contributed by atoms with van der Waals surface area (Å²) in [4.78, 5) is 28.7. The highest BCUT2D eigenvalue weighted by molar-refractivity contribution is 7.16. The van der Waals surface area contributed by atoms with Gasteiger partial charge in [-0.2, -0.15) is 0 Å². The van der Waals surface area contributed by atoms with E-state index in [2.05, 4.69) is 22.5 Å². The molecule has 2 aliphatic heterocycles. The minimum absolute atomic E-state index is 0.0602. The van der Waals surface area contributed by atoms with Crippen LogP contribution in [-0.4, -0.2) is 29.9 Å². The Balaban J connectivity index is 1.32. The van der Waals surface area contributed by atoms with Gasteiger partial charge in [0.15, 0.2) is 0 Å². The van der Waals surface area contributed by atoms with E-state index in [-0.39, 0.29) is 5.91 Å². The van der Waals surface area contributed by atoms with Gasteiger partial charge in [0.25, 0.3) is 5.91 Å². The number of thiophene rings is 1. The third kappa shape index (κ3) is 4.06.